The Morgan fingerprint density at radius 2 is 1.83 bits per heavy atom. The zero-order chi connectivity index (χ0) is 20.9. The predicted octanol–water partition coefficient (Wildman–Crippen LogP) is 5.02. The van der Waals surface area contributed by atoms with E-state index < -0.39 is 36.7 Å². The average Bonchev–Trinajstić information content (AvgIpc) is 2.72. The van der Waals surface area contributed by atoms with Crippen molar-refractivity contribution in [1.29, 1.82) is 0 Å². The number of carbonyl (C=O) groups excluding carboxylic acids is 1. The van der Waals surface area contributed by atoms with Crippen molar-refractivity contribution in [3.05, 3.63) is 65.7 Å². The molecule has 3 rings (SSSR count). The van der Waals surface area contributed by atoms with E-state index in [1.165, 1.54) is 7.11 Å². The van der Waals surface area contributed by atoms with E-state index in [4.69, 9.17) is 14.2 Å². The summed E-state index contributed by atoms with van der Waals surface area (Å²) in [5.74, 6) is 0.0873. The summed E-state index contributed by atoms with van der Waals surface area (Å²) in [7, 11) is 1.50. The SMILES string of the molecule is COc1ccc(C2OCCC(CC(=O)CCc3ccccc3)(C(F)(F)F)O2)cc1. The first-order valence-electron chi connectivity index (χ1n) is 9.39. The lowest BCUT2D eigenvalue weighted by atomic mass is 9.89. The number of aryl methyl sites for hydroxylation is 1. The normalized spacial score (nSPS) is 22.3. The van der Waals surface area contributed by atoms with Crippen LogP contribution in [0.1, 0.15) is 36.7 Å². The molecule has 2 atom stereocenters. The van der Waals surface area contributed by atoms with Gasteiger partial charge < -0.3 is 14.2 Å². The highest BCUT2D eigenvalue weighted by atomic mass is 19.4. The van der Waals surface area contributed by atoms with E-state index in [0.717, 1.165) is 5.56 Å². The van der Waals surface area contributed by atoms with Crippen LogP contribution < -0.4 is 4.74 Å². The molecule has 1 aliphatic heterocycles. The fraction of sp³-hybridized carbons (Fsp3) is 0.409. The van der Waals surface area contributed by atoms with Gasteiger partial charge in [0.25, 0.3) is 0 Å². The van der Waals surface area contributed by atoms with Crippen LogP contribution in [0.2, 0.25) is 0 Å². The molecule has 0 saturated carbocycles. The van der Waals surface area contributed by atoms with E-state index >= 15 is 0 Å². The molecule has 2 unspecified atom stereocenters. The maximum atomic E-state index is 14.0. The minimum atomic E-state index is -4.69. The molecular weight excluding hydrogens is 385 g/mol. The number of benzene rings is 2. The zero-order valence-electron chi connectivity index (χ0n) is 16.1. The Labute approximate surface area is 167 Å². The molecule has 1 fully saturated rings. The maximum Gasteiger partial charge on any atom is 0.418 e. The van der Waals surface area contributed by atoms with Gasteiger partial charge in [0.15, 0.2) is 11.9 Å². The highest BCUT2D eigenvalue weighted by Crippen LogP contribution is 2.46. The van der Waals surface area contributed by atoms with Crippen LogP contribution >= 0.6 is 0 Å². The highest BCUT2D eigenvalue weighted by molar-refractivity contribution is 5.80. The molecule has 0 aliphatic carbocycles. The molecule has 1 saturated heterocycles. The van der Waals surface area contributed by atoms with Gasteiger partial charge in [-0.2, -0.15) is 13.2 Å². The van der Waals surface area contributed by atoms with Gasteiger partial charge in [0.1, 0.15) is 11.5 Å². The Kier molecular flexibility index (Phi) is 6.59. The van der Waals surface area contributed by atoms with Crippen molar-refractivity contribution >= 4 is 5.78 Å². The Morgan fingerprint density at radius 1 is 1.14 bits per heavy atom. The van der Waals surface area contributed by atoms with Gasteiger partial charge in [0, 0.05) is 24.8 Å². The van der Waals surface area contributed by atoms with E-state index in [9.17, 15) is 18.0 Å². The first-order valence-corrected chi connectivity index (χ1v) is 9.39. The monoisotopic (exact) mass is 408 g/mol. The number of ether oxygens (including phenoxy) is 3. The van der Waals surface area contributed by atoms with Crippen molar-refractivity contribution in [3.63, 3.8) is 0 Å². The molecule has 2 aromatic rings. The smallest absolute Gasteiger partial charge is 0.418 e. The summed E-state index contributed by atoms with van der Waals surface area (Å²) < 4.78 is 57.8. The molecule has 0 N–H and O–H groups in total. The third-order valence-corrected chi connectivity index (χ3v) is 5.03. The lowest BCUT2D eigenvalue weighted by Crippen LogP contribution is -2.53. The highest BCUT2D eigenvalue weighted by Gasteiger charge is 2.59. The molecule has 0 bridgehead atoms. The summed E-state index contributed by atoms with van der Waals surface area (Å²) in [5.41, 5.74) is -1.20. The van der Waals surface area contributed by atoms with Crippen molar-refractivity contribution < 1.29 is 32.2 Å². The number of hydrogen-bond donors (Lipinski definition) is 0. The Hall–Kier alpha value is -2.38. The summed E-state index contributed by atoms with van der Waals surface area (Å²) in [5, 5.41) is 0. The largest absolute Gasteiger partial charge is 0.497 e. The molecule has 156 valence electrons. The molecule has 4 nitrogen and oxygen atoms in total. The summed E-state index contributed by atoms with van der Waals surface area (Å²) >= 11 is 0. The third-order valence-electron chi connectivity index (χ3n) is 5.03. The quantitative estimate of drug-likeness (QED) is 0.645. The first kappa shape index (κ1) is 21.3. The summed E-state index contributed by atoms with van der Waals surface area (Å²) in [4.78, 5) is 12.4. The van der Waals surface area contributed by atoms with Crippen molar-refractivity contribution in [2.45, 2.75) is 43.8 Å². The van der Waals surface area contributed by atoms with E-state index in [2.05, 4.69) is 0 Å². The first-order chi connectivity index (χ1) is 13.8. The van der Waals surface area contributed by atoms with Crippen LogP contribution in [0.4, 0.5) is 13.2 Å². The van der Waals surface area contributed by atoms with Crippen molar-refractivity contribution in [1.82, 2.24) is 0 Å². The number of alkyl halides is 3. The van der Waals surface area contributed by atoms with Gasteiger partial charge in [-0.3, -0.25) is 4.79 Å². The Balaban J connectivity index is 1.72. The maximum absolute atomic E-state index is 14.0. The Morgan fingerprint density at radius 3 is 2.45 bits per heavy atom. The van der Waals surface area contributed by atoms with Gasteiger partial charge in [-0.15, -0.1) is 0 Å². The molecule has 0 radical (unpaired) electrons. The van der Waals surface area contributed by atoms with Crippen LogP contribution in [-0.2, 0) is 20.7 Å². The van der Waals surface area contributed by atoms with E-state index in [1.54, 1.807) is 24.3 Å². The fourth-order valence-electron chi connectivity index (χ4n) is 3.33. The standard InChI is InChI=1S/C22H23F3O4/c1-27-19-11-8-17(9-12-19)20-28-14-13-21(29-20,22(23,24)25)15-18(26)10-7-16-5-3-2-4-6-16/h2-6,8-9,11-12,20H,7,10,13-15H2,1H3. The average molecular weight is 408 g/mol. The van der Waals surface area contributed by atoms with Gasteiger partial charge in [-0.05, 0) is 24.1 Å². The van der Waals surface area contributed by atoms with Crippen LogP contribution in [0.3, 0.4) is 0 Å². The van der Waals surface area contributed by atoms with Crippen molar-refractivity contribution in [2.75, 3.05) is 13.7 Å². The van der Waals surface area contributed by atoms with Crippen molar-refractivity contribution in [2.24, 2.45) is 0 Å². The van der Waals surface area contributed by atoms with Crippen LogP contribution in [0.25, 0.3) is 0 Å². The number of rotatable bonds is 7. The Bertz CT molecular complexity index is 805. The van der Waals surface area contributed by atoms with Gasteiger partial charge in [-0.25, -0.2) is 0 Å². The van der Waals surface area contributed by atoms with Gasteiger partial charge in [-0.1, -0.05) is 42.5 Å². The molecule has 0 spiro atoms. The second-order valence-electron chi connectivity index (χ2n) is 7.04. The number of Topliss-reactive ketones (excluding diaryl/α,β-unsaturated/α-hetero) is 1. The lowest BCUT2D eigenvalue weighted by molar-refractivity contribution is -0.356. The van der Waals surface area contributed by atoms with Crippen LogP contribution in [0, 0.1) is 0 Å². The van der Waals surface area contributed by atoms with Crippen molar-refractivity contribution in [3.8, 4) is 5.75 Å². The summed E-state index contributed by atoms with van der Waals surface area (Å²) in [6.45, 7) is -0.151. The number of carbonyl (C=O) groups is 1. The minimum Gasteiger partial charge on any atom is -0.497 e. The molecule has 0 amide bonds. The van der Waals surface area contributed by atoms with Crippen LogP contribution in [0.5, 0.6) is 5.75 Å². The number of ketones is 1. The molecule has 0 aromatic heterocycles. The molecule has 1 heterocycles. The second-order valence-corrected chi connectivity index (χ2v) is 7.04. The summed E-state index contributed by atoms with van der Waals surface area (Å²) in [6.07, 6.45) is -6.60. The fourth-order valence-corrected chi connectivity index (χ4v) is 3.33. The topological polar surface area (TPSA) is 44.8 Å². The third kappa shape index (κ3) is 5.16. The lowest BCUT2D eigenvalue weighted by Gasteiger charge is -2.42. The molecule has 1 aliphatic rings. The number of hydrogen-bond acceptors (Lipinski definition) is 4. The molecule has 29 heavy (non-hydrogen) atoms. The predicted molar refractivity (Wildman–Crippen MR) is 101 cm³/mol. The van der Waals surface area contributed by atoms with Gasteiger partial charge in [0.2, 0.25) is 0 Å². The van der Waals surface area contributed by atoms with Crippen LogP contribution in [0.15, 0.2) is 54.6 Å². The number of methoxy groups -OCH3 is 1. The second kappa shape index (κ2) is 8.97. The zero-order valence-corrected chi connectivity index (χ0v) is 16.1. The van der Waals surface area contributed by atoms with E-state index in [1.807, 2.05) is 30.3 Å². The van der Waals surface area contributed by atoms with Crippen LogP contribution in [-0.4, -0.2) is 31.3 Å². The van der Waals surface area contributed by atoms with E-state index in [0.29, 0.717) is 17.7 Å². The minimum absolute atomic E-state index is 0.0270. The molecule has 2 aromatic carbocycles. The number of halogens is 3. The van der Waals surface area contributed by atoms with Gasteiger partial charge in [0.05, 0.1) is 13.7 Å². The molecule has 7 heteroatoms. The van der Waals surface area contributed by atoms with Gasteiger partial charge >= 0.3 is 6.18 Å². The van der Waals surface area contributed by atoms with E-state index in [-0.39, 0.29) is 13.0 Å². The molecular formula is C22H23F3O4. The summed E-state index contributed by atoms with van der Waals surface area (Å²) in [6, 6.07) is 15.6.